The van der Waals surface area contributed by atoms with Crippen LogP contribution in [-0.2, 0) is 14.8 Å². The molecule has 0 bridgehead atoms. The smallest absolute Gasteiger partial charge is 0.255 e. The third-order valence-electron chi connectivity index (χ3n) is 3.86. The standard InChI is InChI=1S/C16H25N3O5S.ClH/c1-3-17-6-7-18-16(20)14-12-13(4-5-15(14)23-2)25(21,22)19-8-10-24-11-9-19;/h4-5,12,17H,3,6-11H2,1-2H3,(H,18,20);1H. The van der Waals surface area contributed by atoms with Gasteiger partial charge in [-0.2, -0.15) is 4.31 Å². The maximum Gasteiger partial charge on any atom is 0.255 e. The predicted molar refractivity (Wildman–Crippen MR) is 101 cm³/mol. The first-order chi connectivity index (χ1) is 12.0. The largest absolute Gasteiger partial charge is 0.496 e. The molecule has 1 heterocycles. The number of methoxy groups -OCH3 is 1. The summed E-state index contributed by atoms with van der Waals surface area (Å²) in [5.41, 5.74) is 0.202. The van der Waals surface area contributed by atoms with Crippen molar-refractivity contribution in [2.45, 2.75) is 11.8 Å². The van der Waals surface area contributed by atoms with Gasteiger partial charge in [0.05, 0.1) is 30.8 Å². The van der Waals surface area contributed by atoms with E-state index in [0.29, 0.717) is 45.1 Å². The molecule has 0 unspecified atom stereocenters. The molecule has 0 radical (unpaired) electrons. The molecule has 0 spiro atoms. The first-order valence-electron chi connectivity index (χ1n) is 8.25. The molecule has 26 heavy (non-hydrogen) atoms. The van der Waals surface area contributed by atoms with Crippen LogP contribution in [0.4, 0.5) is 0 Å². The molecular weight excluding hydrogens is 382 g/mol. The van der Waals surface area contributed by atoms with E-state index in [1.165, 1.54) is 29.6 Å². The zero-order valence-corrected chi connectivity index (χ0v) is 16.6. The number of hydrogen-bond acceptors (Lipinski definition) is 6. The van der Waals surface area contributed by atoms with Gasteiger partial charge in [-0.25, -0.2) is 8.42 Å². The Kier molecular flexibility index (Phi) is 9.31. The Labute approximate surface area is 160 Å². The molecule has 1 aliphatic rings. The van der Waals surface area contributed by atoms with Gasteiger partial charge in [-0.15, -0.1) is 12.4 Å². The van der Waals surface area contributed by atoms with Crippen LogP contribution in [0.15, 0.2) is 23.1 Å². The quantitative estimate of drug-likeness (QED) is 0.608. The van der Waals surface area contributed by atoms with Crippen LogP contribution in [0.5, 0.6) is 5.75 Å². The second-order valence-corrected chi connectivity index (χ2v) is 7.43. The first kappa shape index (κ1) is 22.7. The van der Waals surface area contributed by atoms with Gasteiger partial charge < -0.3 is 20.1 Å². The van der Waals surface area contributed by atoms with Crippen molar-refractivity contribution in [1.29, 1.82) is 0 Å². The maximum atomic E-state index is 12.7. The lowest BCUT2D eigenvalue weighted by Crippen LogP contribution is -2.40. The van der Waals surface area contributed by atoms with E-state index in [0.717, 1.165) is 6.54 Å². The Hall–Kier alpha value is -1.39. The number of hydrogen-bond donors (Lipinski definition) is 2. The summed E-state index contributed by atoms with van der Waals surface area (Å²) in [5, 5.41) is 5.86. The van der Waals surface area contributed by atoms with Gasteiger partial charge >= 0.3 is 0 Å². The zero-order valence-electron chi connectivity index (χ0n) is 15.0. The van der Waals surface area contributed by atoms with Crippen molar-refractivity contribution in [1.82, 2.24) is 14.9 Å². The second-order valence-electron chi connectivity index (χ2n) is 5.49. The summed E-state index contributed by atoms with van der Waals surface area (Å²) < 4.78 is 37.3. The Morgan fingerprint density at radius 2 is 1.96 bits per heavy atom. The van der Waals surface area contributed by atoms with E-state index in [1.54, 1.807) is 0 Å². The molecule has 0 aliphatic carbocycles. The zero-order chi connectivity index (χ0) is 18.3. The van der Waals surface area contributed by atoms with E-state index in [1.807, 2.05) is 6.92 Å². The fourth-order valence-electron chi connectivity index (χ4n) is 2.50. The maximum absolute atomic E-state index is 12.7. The van der Waals surface area contributed by atoms with Crippen LogP contribution in [0.2, 0.25) is 0 Å². The highest BCUT2D eigenvalue weighted by molar-refractivity contribution is 7.89. The minimum absolute atomic E-state index is 0. The van der Waals surface area contributed by atoms with Gasteiger partial charge in [0.25, 0.3) is 5.91 Å². The van der Waals surface area contributed by atoms with Gasteiger partial charge in [0.15, 0.2) is 0 Å². The lowest BCUT2D eigenvalue weighted by molar-refractivity contribution is 0.0730. The van der Waals surface area contributed by atoms with E-state index in [4.69, 9.17) is 9.47 Å². The molecule has 148 valence electrons. The molecule has 1 aromatic carbocycles. The van der Waals surface area contributed by atoms with Gasteiger partial charge in [-0.3, -0.25) is 4.79 Å². The molecule has 8 nitrogen and oxygen atoms in total. The molecule has 1 aromatic rings. The molecular formula is C16H26ClN3O5S. The van der Waals surface area contributed by atoms with Gasteiger partial charge in [0.2, 0.25) is 10.0 Å². The molecule has 1 amide bonds. The normalized spacial score (nSPS) is 15.2. The highest BCUT2D eigenvalue weighted by Crippen LogP contribution is 2.25. The van der Waals surface area contributed by atoms with E-state index in [-0.39, 0.29) is 28.8 Å². The van der Waals surface area contributed by atoms with Crippen molar-refractivity contribution < 1.29 is 22.7 Å². The summed E-state index contributed by atoms with van der Waals surface area (Å²) in [7, 11) is -2.22. The van der Waals surface area contributed by atoms with Crippen LogP contribution < -0.4 is 15.4 Å². The molecule has 10 heteroatoms. The monoisotopic (exact) mass is 407 g/mol. The Balaban J connectivity index is 0.00000338. The molecule has 0 aromatic heterocycles. The molecule has 2 rings (SSSR count). The van der Waals surface area contributed by atoms with Crippen molar-refractivity contribution in [3.8, 4) is 5.75 Å². The summed E-state index contributed by atoms with van der Waals surface area (Å²) in [6.07, 6.45) is 0. The minimum Gasteiger partial charge on any atom is -0.496 e. The fraction of sp³-hybridized carbons (Fsp3) is 0.562. The number of rotatable bonds is 8. The van der Waals surface area contributed by atoms with Gasteiger partial charge in [0.1, 0.15) is 5.75 Å². The number of halogens is 1. The average molecular weight is 408 g/mol. The highest BCUT2D eigenvalue weighted by Gasteiger charge is 2.27. The topological polar surface area (TPSA) is 97.0 Å². The summed E-state index contributed by atoms with van der Waals surface area (Å²) in [6.45, 7) is 5.21. The first-order valence-corrected chi connectivity index (χ1v) is 9.69. The summed E-state index contributed by atoms with van der Waals surface area (Å²) >= 11 is 0. The molecule has 1 saturated heterocycles. The SMILES string of the molecule is CCNCCNC(=O)c1cc(S(=O)(=O)N2CCOCC2)ccc1OC.Cl. The van der Waals surface area contributed by atoms with Crippen molar-refractivity contribution >= 4 is 28.3 Å². The number of sulfonamides is 1. The molecule has 1 aliphatic heterocycles. The second kappa shape index (κ2) is 10.7. The number of morpholine rings is 1. The van der Waals surface area contributed by atoms with Crippen LogP contribution in [0, 0.1) is 0 Å². The van der Waals surface area contributed by atoms with Crippen molar-refractivity contribution in [2.24, 2.45) is 0 Å². The number of likely N-dealkylation sites (N-methyl/N-ethyl adjacent to an activating group) is 1. The number of carbonyl (C=O) groups excluding carboxylic acids is 1. The number of carbonyl (C=O) groups is 1. The fourth-order valence-corrected chi connectivity index (χ4v) is 3.93. The van der Waals surface area contributed by atoms with Crippen molar-refractivity contribution in [2.75, 3.05) is 53.0 Å². The number of ether oxygens (including phenoxy) is 2. The number of nitrogens with zero attached hydrogens (tertiary/aromatic N) is 1. The van der Waals surface area contributed by atoms with Crippen molar-refractivity contribution in [3.63, 3.8) is 0 Å². The summed E-state index contributed by atoms with van der Waals surface area (Å²) in [6, 6.07) is 4.33. The van der Waals surface area contributed by atoms with Crippen LogP contribution in [0.1, 0.15) is 17.3 Å². The number of benzene rings is 1. The van der Waals surface area contributed by atoms with Crippen LogP contribution in [0.25, 0.3) is 0 Å². The van der Waals surface area contributed by atoms with Crippen LogP contribution >= 0.6 is 12.4 Å². The highest BCUT2D eigenvalue weighted by atomic mass is 35.5. The lowest BCUT2D eigenvalue weighted by atomic mass is 10.2. The van der Waals surface area contributed by atoms with Gasteiger partial charge in [-0.05, 0) is 24.7 Å². The molecule has 0 saturated carbocycles. The molecule has 2 N–H and O–H groups in total. The van der Waals surface area contributed by atoms with E-state index in [2.05, 4.69) is 10.6 Å². The van der Waals surface area contributed by atoms with E-state index in [9.17, 15) is 13.2 Å². The van der Waals surface area contributed by atoms with Crippen LogP contribution in [-0.4, -0.2) is 71.7 Å². The average Bonchev–Trinajstić information content (AvgIpc) is 2.65. The Morgan fingerprint density at radius 3 is 2.58 bits per heavy atom. The molecule has 0 atom stereocenters. The molecule has 1 fully saturated rings. The third-order valence-corrected chi connectivity index (χ3v) is 5.76. The Morgan fingerprint density at radius 1 is 1.27 bits per heavy atom. The van der Waals surface area contributed by atoms with Gasteiger partial charge in [0, 0.05) is 26.2 Å². The van der Waals surface area contributed by atoms with E-state index < -0.39 is 10.0 Å². The van der Waals surface area contributed by atoms with E-state index >= 15 is 0 Å². The third kappa shape index (κ3) is 5.55. The Bertz CT molecular complexity index is 693. The minimum atomic E-state index is -3.67. The summed E-state index contributed by atoms with van der Waals surface area (Å²) in [5.74, 6) is -0.0318. The number of amides is 1. The predicted octanol–water partition coefficient (Wildman–Crippen LogP) is 0.477. The van der Waals surface area contributed by atoms with Crippen molar-refractivity contribution in [3.05, 3.63) is 23.8 Å². The van der Waals surface area contributed by atoms with Gasteiger partial charge in [-0.1, -0.05) is 6.92 Å². The van der Waals surface area contributed by atoms with Crippen LogP contribution in [0.3, 0.4) is 0 Å². The lowest BCUT2D eigenvalue weighted by Gasteiger charge is -2.26. The number of nitrogens with one attached hydrogen (secondary N) is 2. The summed E-state index contributed by atoms with van der Waals surface area (Å²) in [4.78, 5) is 12.5.